The molecule has 0 bridgehead atoms. The van der Waals surface area contributed by atoms with E-state index in [-0.39, 0.29) is 6.61 Å². The highest BCUT2D eigenvalue weighted by Gasteiger charge is 2.08. The number of anilines is 2. The summed E-state index contributed by atoms with van der Waals surface area (Å²) < 4.78 is 4.70. The van der Waals surface area contributed by atoms with Crippen molar-refractivity contribution in [3.8, 4) is 0 Å². The summed E-state index contributed by atoms with van der Waals surface area (Å²) in [5.74, 6) is -1.81. The van der Waals surface area contributed by atoms with Gasteiger partial charge in [0.15, 0.2) is 0 Å². The second-order valence-electron chi connectivity index (χ2n) is 3.54. The van der Waals surface area contributed by atoms with Crippen LogP contribution >= 0.6 is 0 Å². The summed E-state index contributed by atoms with van der Waals surface area (Å²) in [4.78, 5) is 32.6. The summed E-state index contributed by atoms with van der Waals surface area (Å²) in [6.45, 7) is 1.97. The van der Waals surface area contributed by atoms with E-state index in [9.17, 15) is 14.4 Å². The molecule has 0 radical (unpaired) electrons. The maximum Gasteiger partial charge on any atom is 0.411 e. The second kappa shape index (κ2) is 7.00. The third-order valence-corrected chi connectivity index (χ3v) is 2.00. The Balaban J connectivity index is 2.54. The summed E-state index contributed by atoms with van der Waals surface area (Å²) in [6.07, 6.45) is -1.16. The van der Waals surface area contributed by atoms with E-state index in [1.165, 1.54) is 0 Å². The number of benzene rings is 1. The first-order valence-corrected chi connectivity index (χ1v) is 5.56. The van der Waals surface area contributed by atoms with Crippen LogP contribution in [0.2, 0.25) is 0 Å². The maximum atomic E-state index is 11.2. The first-order valence-electron chi connectivity index (χ1n) is 5.56. The fourth-order valence-electron chi connectivity index (χ4n) is 1.26. The SMILES string of the molecule is CCOC(=O)Nc1ccc(NC(=O)CC(=O)O)cc1. The number of rotatable bonds is 5. The Morgan fingerprint density at radius 1 is 1.11 bits per heavy atom. The van der Waals surface area contributed by atoms with Crippen LogP contribution in [-0.2, 0) is 14.3 Å². The number of carbonyl (C=O) groups excluding carboxylic acids is 2. The lowest BCUT2D eigenvalue weighted by atomic mass is 10.2. The molecule has 0 aliphatic heterocycles. The van der Waals surface area contributed by atoms with Crippen molar-refractivity contribution in [2.24, 2.45) is 0 Å². The van der Waals surface area contributed by atoms with Crippen LogP contribution in [0, 0.1) is 0 Å². The van der Waals surface area contributed by atoms with Gasteiger partial charge in [0.25, 0.3) is 0 Å². The van der Waals surface area contributed by atoms with Crippen molar-refractivity contribution in [3.63, 3.8) is 0 Å². The van der Waals surface area contributed by atoms with Crippen molar-refractivity contribution in [2.45, 2.75) is 13.3 Å². The predicted molar refractivity (Wildman–Crippen MR) is 68.0 cm³/mol. The van der Waals surface area contributed by atoms with Crippen LogP contribution in [0.1, 0.15) is 13.3 Å². The molecule has 7 heteroatoms. The molecule has 0 atom stereocenters. The monoisotopic (exact) mass is 266 g/mol. The molecule has 0 saturated carbocycles. The quantitative estimate of drug-likeness (QED) is 0.703. The van der Waals surface area contributed by atoms with E-state index in [2.05, 4.69) is 10.6 Å². The molecule has 0 aliphatic rings. The molecule has 1 rings (SSSR count). The molecule has 3 N–H and O–H groups in total. The standard InChI is InChI=1S/C12H14N2O5/c1-2-19-12(18)14-9-5-3-8(4-6-9)13-10(15)7-11(16)17/h3-6H,2,7H2,1H3,(H,13,15)(H,14,18)(H,16,17). The molecule has 2 amide bonds. The van der Waals surface area contributed by atoms with Gasteiger partial charge in [0, 0.05) is 11.4 Å². The molecule has 19 heavy (non-hydrogen) atoms. The molecule has 0 aliphatic carbocycles. The summed E-state index contributed by atoms with van der Waals surface area (Å²) >= 11 is 0. The van der Waals surface area contributed by atoms with Gasteiger partial charge in [-0.3, -0.25) is 14.9 Å². The van der Waals surface area contributed by atoms with Crippen LogP contribution in [0.4, 0.5) is 16.2 Å². The van der Waals surface area contributed by atoms with E-state index >= 15 is 0 Å². The van der Waals surface area contributed by atoms with Crippen LogP contribution in [0.3, 0.4) is 0 Å². The van der Waals surface area contributed by atoms with E-state index in [0.717, 1.165) is 0 Å². The van der Waals surface area contributed by atoms with Gasteiger partial charge >= 0.3 is 12.1 Å². The largest absolute Gasteiger partial charge is 0.481 e. The Morgan fingerprint density at radius 2 is 1.63 bits per heavy atom. The molecule has 0 heterocycles. The summed E-state index contributed by atoms with van der Waals surface area (Å²) in [5.41, 5.74) is 0.954. The Bertz CT molecular complexity index is 470. The van der Waals surface area contributed by atoms with Gasteiger partial charge in [-0.05, 0) is 31.2 Å². The molecule has 0 aromatic heterocycles. The van der Waals surface area contributed by atoms with Gasteiger partial charge in [0.2, 0.25) is 5.91 Å². The van der Waals surface area contributed by atoms with E-state index in [4.69, 9.17) is 9.84 Å². The van der Waals surface area contributed by atoms with Crippen molar-refractivity contribution in [3.05, 3.63) is 24.3 Å². The summed E-state index contributed by atoms with van der Waals surface area (Å²) in [7, 11) is 0. The lowest BCUT2D eigenvalue weighted by molar-refractivity contribution is -0.139. The number of carboxylic acids is 1. The van der Waals surface area contributed by atoms with Gasteiger partial charge in [-0.1, -0.05) is 0 Å². The van der Waals surface area contributed by atoms with Gasteiger partial charge in [0.1, 0.15) is 6.42 Å². The maximum absolute atomic E-state index is 11.2. The van der Waals surface area contributed by atoms with E-state index < -0.39 is 24.4 Å². The molecule has 0 spiro atoms. The average Bonchev–Trinajstić information content (AvgIpc) is 2.31. The zero-order chi connectivity index (χ0) is 14.3. The van der Waals surface area contributed by atoms with Crippen LogP contribution in [0.25, 0.3) is 0 Å². The number of hydrogen-bond acceptors (Lipinski definition) is 4. The minimum absolute atomic E-state index is 0.273. The number of aliphatic carboxylic acids is 1. The molecule has 102 valence electrons. The molecular weight excluding hydrogens is 252 g/mol. The van der Waals surface area contributed by atoms with Gasteiger partial charge in [-0.25, -0.2) is 4.79 Å². The van der Waals surface area contributed by atoms with Crippen molar-refractivity contribution < 1.29 is 24.2 Å². The number of ether oxygens (including phenoxy) is 1. The number of carboxylic acid groups (broad SMARTS) is 1. The first kappa shape index (κ1) is 14.5. The Labute approximate surface area is 109 Å². The molecule has 1 aromatic carbocycles. The third-order valence-electron chi connectivity index (χ3n) is 2.00. The predicted octanol–water partition coefficient (Wildman–Crippen LogP) is 1.67. The lowest BCUT2D eigenvalue weighted by Crippen LogP contribution is -2.16. The highest BCUT2D eigenvalue weighted by Crippen LogP contribution is 2.14. The number of amides is 2. The first-order chi connectivity index (χ1) is 9.01. The van der Waals surface area contributed by atoms with Crippen LogP contribution in [0.15, 0.2) is 24.3 Å². The lowest BCUT2D eigenvalue weighted by Gasteiger charge is -2.07. The van der Waals surface area contributed by atoms with Gasteiger partial charge in [0.05, 0.1) is 6.61 Å². The Kier molecular flexibility index (Phi) is 5.34. The molecule has 0 unspecified atom stereocenters. The van der Waals surface area contributed by atoms with Crippen molar-refractivity contribution in [2.75, 3.05) is 17.2 Å². The number of hydrogen-bond donors (Lipinski definition) is 3. The van der Waals surface area contributed by atoms with Gasteiger partial charge in [-0.15, -0.1) is 0 Å². The average molecular weight is 266 g/mol. The molecular formula is C12H14N2O5. The van der Waals surface area contributed by atoms with Crippen LogP contribution < -0.4 is 10.6 Å². The van der Waals surface area contributed by atoms with Crippen LogP contribution in [-0.4, -0.2) is 29.7 Å². The summed E-state index contributed by atoms with van der Waals surface area (Å²) in [5, 5.41) is 13.3. The van der Waals surface area contributed by atoms with E-state index in [0.29, 0.717) is 11.4 Å². The number of nitrogens with one attached hydrogen (secondary N) is 2. The third kappa shape index (κ3) is 5.53. The van der Waals surface area contributed by atoms with E-state index in [1.807, 2.05) is 0 Å². The van der Waals surface area contributed by atoms with Crippen molar-refractivity contribution in [1.29, 1.82) is 0 Å². The highest BCUT2D eigenvalue weighted by atomic mass is 16.5. The fourth-order valence-corrected chi connectivity index (χ4v) is 1.26. The minimum Gasteiger partial charge on any atom is -0.481 e. The fraction of sp³-hybridized carbons (Fsp3) is 0.250. The normalized spacial score (nSPS) is 9.53. The topological polar surface area (TPSA) is 105 Å². The Morgan fingerprint density at radius 3 is 2.11 bits per heavy atom. The van der Waals surface area contributed by atoms with Crippen LogP contribution in [0.5, 0.6) is 0 Å². The molecule has 0 saturated heterocycles. The zero-order valence-electron chi connectivity index (χ0n) is 10.3. The van der Waals surface area contributed by atoms with Crippen molar-refractivity contribution in [1.82, 2.24) is 0 Å². The van der Waals surface area contributed by atoms with Gasteiger partial charge < -0.3 is 15.2 Å². The minimum atomic E-state index is -1.20. The smallest absolute Gasteiger partial charge is 0.411 e. The second-order valence-corrected chi connectivity index (χ2v) is 3.54. The summed E-state index contributed by atoms with van der Waals surface area (Å²) in [6, 6.07) is 6.21. The molecule has 7 nitrogen and oxygen atoms in total. The number of carbonyl (C=O) groups is 3. The van der Waals surface area contributed by atoms with E-state index in [1.54, 1.807) is 31.2 Å². The van der Waals surface area contributed by atoms with Crippen molar-refractivity contribution >= 4 is 29.3 Å². The molecule has 0 fully saturated rings. The van der Waals surface area contributed by atoms with Gasteiger partial charge in [-0.2, -0.15) is 0 Å². The highest BCUT2D eigenvalue weighted by molar-refractivity contribution is 6.01. The Hall–Kier alpha value is -2.57. The zero-order valence-corrected chi connectivity index (χ0v) is 10.3. The molecule has 1 aromatic rings.